The number of anilines is 1. The van der Waals surface area contributed by atoms with Crippen LogP contribution in [-0.2, 0) is 10.0 Å². The Balaban J connectivity index is 2.30. The van der Waals surface area contributed by atoms with Gasteiger partial charge in [-0.2, -0.15) is 0 Å². The van der Waals surface area contributed by atoms with Gasteiger partial charge < -0.3 is 0 Å². The fraction of sp³-hybridized carbons (Fsp3) is 0.100. The summed E-state index contributed by atoms with van der Waals surface area (Å²) in [6.07, 6.45) is 3.78. The van der Waals surface area contributed by atoms with Crippen molar-refractivity contribution in [2.45, 2.75) is 11.8 Å². The molecule has 2 heterocycles. The standard InChI is InChI=1S/C10H9ClN4O2S/c1-7-2-3-12-9(4-7)15-18(16,17)8-5-13-10(11)14-6-8/h2-6H,1H3,(H,12,15). The number of nitrogens with one attached hydrogen (secondary N) is 1. The fourth-order valence-corrected chi connectivity index (χ4v) is 2.21. The minimum atomic E-state index is -3.74. The zero-order valence-corrected chi connectivity index (χ0v) is 10.9. The average Bonchev–Trinajstić information content (AvgIpc) is 2.29. The quantitative estimate of drug-likeness (QED) is 0.866. The average molecular weight is 285 g/mol. The molecule has 0 saturated carbocycles. The first-order valence-corrected chi connectivity index (χ1v) is 6.76. The van der Waals surface area contributed by atoms with E-state index in [0.29, 0.717) is 0 Å². The van der Waals surface area contributed by atoms with Crippen molar-refractivity contribution in [3.63, 3.8) is 0 Å². The molecule has 0 saturated heterocycles. The van der Waals surface area contributed by atoms with Gasteiger partial charge in [-0.1, -0.05) is 0 Å². The van der Waals surface area contributed by atoms with E-state index in [-0.39, 0.29) is 16.0 Å². The van der Waals surface area contributed by atoms with Crippen molar-refractivity contribution in [3.05, 3.63) is 41.6 Å². The molecule has 18 heavy (non-hydrogen) atoms. The molecule has 0 unspecified atom stereocenters. The summed E-state index contributed by atoms with van der Waals surface area (Å²) in [5.74, 6) is 0.241. The number of hydrogen-bond acceptors (Lipinski definition) is 5. The summed E-state index contributed by atoms with van der Waals surface area (Å²) >= 11 is 5.49. The number of hydrogen-bond donors (Lipinski definition) is 1. The number of sulfonamides is 1. The van der Waals surface area contributed by atoms with Crippen molar-refractivity contribution in [1.82, 2.24) is 15.0 Å². The Bertz CT molecular complexity index is 658. The molecule has 0 aliphatic carbocycles. The van der Waals surface area contributed by atoms with Crippen molar-refractivity contribution in [2.75, 3.05) is 4.72 Å². The summed E-state index contributed by atoms with van der Waals surface area (Å²) in [6, 6.07) is 3.39. The van der Waals surface area contributed by atoms with Crippen LogP contribution < -0.4 is 4.72 Å². The maximum atomic E-state index is 11.9. The highest BCUT2D eigenvalue weighted by atomic mass is 35.5. The molecule has 2 rings (SSSR count). The van der Waals surface area contributed by atoms with E-state index in [2.05, 4.69) is 19.7 Å². The predicted octanol–water partition coefficient (Wildman–Crippen LogP) is 1.63. The fourth-order valence-electron chi connectivity index (χ4n) is 1.23. The van der Waals surface area contributed by atoms with Gasteiger partial charge in [-0.3, -0.25) is 4.72 Å². The second-order valence-corrected chi connectivity index (χ2v) is 5.53. The Hall–Kier alpha value is -1.73. The van der Waals surface area contributed by atoms with Crippen molar-refractivity contribution >= 4 is 27.4 Å². The van der Waals surface area contributed by atoms with Gasteiger partial charge in [0.05, 0.1) is 12.4 Å². The van der Waals surface area contributed by atoms with E-state index in [0.717, 1.165) is 18.0 Å². The first kappa shape index (κ1) is 12.7. The third kappa shape index (κ3) is 2.93. The Morgan fingerprint density at radius 2 is 1.89 bits per heavy atom. The van der Waals surface area contributed by atoms with Crippen molar-refractivity contribution < 1.29 is 8.42 Å². The van der Waals surface area contributed by atoms with Crippen LogP contribution in [0.25, 0.3) is 0 Å². The molecule has 0 fully saturated rings. The number of halogens is 1. The molecule has 0 aromatic carbocycles. The summed E-state index contributed by atoms with van der Waals surface area (Å²) in [7, 11) is -3.74. The predicted molar refractivity (Wildman–Crippen MR) is 66.8 cm³/mol. The molecular formula is C10H9ClN4O2S. The van der Waals surface area contributed by atoms with Crippen LogP contribution in [0.2, 0.25) is 5.28 Å². The molecule has 1 N–H and O–H groups in total. The minimum Gasteiger partial charge on any atom is -0.263 e. The van der Waals surface area contributed by atoms with Crippen LogP contribution in [-0.4, -0.2) is 23.4 Å². The summed E-state index contributed by atoms with van der Waals surface area (Å²) < 4.78 is 26.2. The molecule has 8 heteroatoms. The number of pyridine rings is 1. The van der Waals surface area contributed by atoms with Gasteiger partial charge in [0.1, 0.15) is 10.7 Å². The normalized spacial score (nSPS) is 11.2. The minimum absolute atomic E-state index is 0.0115. The molecule has 0 amide bonds. The lowest BCUT2D eigenvalue weighted by Crippen LogP contribution is -2.14. The Labute approximate surface area is 109 Å². The Kier molecular flexibility index (Phi) is 3.44. The van der Waals surface area contributed by atoms with Gasteiger partial charge in [-0.05, 0) is 36.2 Å². The lowest BCUT2D eigenvalue weighted by Gasteiger charge is -2.06. The number of aromatic nitrogens is 3. The van der Waals surface area contributed by atoms with Gasteiger partial charge >= 0.3 is 0 Å². The van der Waals surface area contributed by atoms with Crippen LogP contribution in [0.15, 0.2) is 35.6 Å². The first-order chi connectivity index (χ1) is 8.47. The van der Waals surface area contributed by atoms with Gasteiger partial charge in [0.15, 0.2) is 0 Å². The van der Waals surface area contributed by atoms with Gasteiger partial charge in [-0.15, -0.1) is 0 Å². The number of nitrogens with zero attached hydrogens (tertiary/aromatic N) is 3. The highest BCUT2D eigenvalue weighted by Gasteiger charge is 2.15. The molecule has 0 aliphatic rings. The van der Waals surface area contributed by atoms with Crippen LogP contribution in [0, 0.1) is 6.92 Å². The molecule has 2 aromatic rings. The van der Waals surface area contributed by atoms with Crippen molar-refractivity contribution in [3.8, 4) is 0 Å². The lowest BCUT2D eigenvalue weighted by atomic mass is 10.3. The van der Waals surface area contributed by atoms with Crippen LogP contribution in [0.3, 0.4) is 0 Å². The summed E-state index contributed by atoms with van der Waals surface area (Å²) in [5, 5.41) is -0.0115. The van der Waals surface area contributed by atoms with E-state index in [1.165, 1.54) is 6.20 Å². The Morgan fingerprint density at radius 3 is 2.50 bits per heavy atom. The molecule has 0 aliphatic heterocycles. The molecule has 6 nitrogen and oxygen atoms in total. The highest BCUT2D eigenvalue weighted by Crippen LogP contribution is 2.14. The topological polar surface area (TPSA) is 84.8 Å². The first-order valence-electron chi connectivity index (χ1n) is 4.90. The van der Waals surface area contributed by atoms with E-state index in [1.807, 2.05) is 6.92 Å². The second-order valence-electron chi connectivity index (χ2n) is 3.51. The molecule has 0 spiro atoms. The molecular weight excluding hydrogens is 276 g/mol. The van der Waals surface area contributed by atoms with Crippen LogP contribution in [0.4, 0.5) is 5.82 Å². The zero-order valence-electron chi connectivity index (χ0n) is 9.33. The zero-order chi connectivity index (χ0) is 13.2. The third-order valence-corrected chi connectivity index (χ3v) is 3.57. The Morgan fingerprint density at radius 1 is 1.22 bits per heavy atom. The van der Waals surface area contributed by atoms with E-state index >= 15 is 0 Å². The summed E-state index contributed by atoms with van der Waals surface area (Å²) in [5.41, 5.74) is 0.898. The van der Waals surface area contributed by atoms with E-state index < -0.39 is 10.0 Å². The van der Waals surface area contributed by atoms with Gasteiger partial charge in [0, 0.05) is 6.20 Å². The lowest BCUT2D eigenvalue weighted by molar-refractivity contribution is 0.600. The monoisotopic (exact) mass is 284 g/mol. The van der Waals surface area contributed by atoms with E-state index in [1.54, 1.807) is 12.1 Å². The molecule has 94 valence electrons. The van der Waals surface area contributed by atoms with E-state index in [4.69, 9.17) is 11.6 Å². The second kappa shape index (κ2) is 4.87. The largest absolute Gasteiger partial charge is 0.266 e. The van der Waals surface area contributed by atoms with Crippen LogP contribution in [0.5, 0.6) is 0 Å². The smallest absolute Gasteiger partial charge is 0.263 e. The van der Waals surface area contributed by atoms with Crippen molar-refractivity contribution in [1.29, 1.82) is 0 Å². The number of rotatable bonds is 3. The SMILES string of the molecule is Cc1ccnc(NS(=O)(=O)c2cnc(Cl)nc2)c1. The highest BCUT2D eigenvalue weighted by molar-refractivity contribution is 7.92. The van der Waals surface area contributed by atoms with Crippen LogP contribution >= 0.6 is 11.6 Å². The van der Waals surface area contributed by atoms with E-state index in [9.17, 15) is 8.42 Å². The maximum absolute atomic E-state index is 11.9. The summed E-state index contributed by atoms with van der Waals surface area (Å²) in [6.45, 7) is 1.84. The molecule has 0 radical (unpaired) electrons. The molecule has 0 atom stereocenters. The summed E-state index contributed by atoms with van der Waals surface area (Å²) in [4.78, 5) is 11.1. The number of aryl methyl sites for hydroxylation is 1. The molecule has 0 bridgehead atoms. The van der Waals surface area contributed by atoms with Gasteiger partial charge in [-0.25, -0.2) is 23.4 Å². The maximum Gasteiger partial charge on any atom is 0.266 e. The third-order valence-electron chi connectivity index (χ3n) is 2.06. The van der Waals surface area contributed by atoms with Gasteiger partial charge in [0.2, 0.25) is 5.28 Å². The van der Waals surface area contributed by atoms with Crippen molar-refractivity contribution in [2.24, 2.45) is 0 Å². The molecule has 2 aromatic heterocycles. The van der Waals surface area contributed by atoms with Crippen LogP contribution in [0.1, 0.15) is 5.56 Å². The van der Waals surface area contributed by atoms with Gasteiger partial charge in [0.25, 0.3) is 10.0 Å².